The minimum Gasteiger partial charge on any atom is -0.457 e. The van der Waals surface area contributed by atoms with Crippen LogP contribution in [-0.4, -0.2) is 56.5 Å². The van der Waals surface area contributed by atoms with E-state index >= 15 is 0 Å². The summed E-state index contributed by atoms with van der Waals surface area (Å²) in [7, 11) is -1.26. The second kappa shape index (κ2) is 9.79. The number of benzene rings is 1. The summed E-state index contributed by atoms with van der Waals surface area (Å²) >= 11 is 0. The molecule has 0 saturated carbocycles. The summed E-state index contributed by atoms with van der Waals surface area (Å²) in [6.45, 7) is 10.8. The Balaban J connectivity index is 2.07. The van der Waals surface area contributed by atoms with Gasteiger partial charge in [-0.05, 0) is 18.5 Å². The fourth-order valence-corrected chi connectivity index (χ4v) is 3.64. The van der Waals surface area contributed by atoms with Crippen LogP contribution >= 0.6 is 0 Å². The number of ether oxygens (including phenoxy) is 4. The molecule has 5 atom stereocenters. The largest absolute Gasteiger partial charge is 0.457 e. The summed E-state index contributed by atoms with van der Waals surface area (Å²) in [6.07, 6.45) is -3.76. The van der Waals surface area contributed by atoms with E-state index in [1.54, 1.807) is 6.92 Å². The fraction of sp³-hybridized carbons (Fsp3) is 0.650. The molecule has 152 valence electrons. The highest BCUT2D eigenvalue weighted by molar-refractivity contribution is 6.76. The molecule has 1 heterocycles. The first-order chi connectivity index (χ1) is 12.7. The van der Waals surface area contributed by atoms with Crippen molar-refractivity contribution < 1.29 is 28.8 Å². The average molecular weight is 397 g/mol. The van der Waals surface area contributed by atoms with Gasteiger partial charge in [-0.25, -0.2) is 0 Å². The van der Waals surface area contributed by atoms with Crippen LogP contribution in [0, 0.1) is 0 Å². The molecule has 1 saturated heterocycles. The predicted molar refractivity (Wildman–Crippen MR) is 105 cm³/mol. The highest BCUT2D eigenvalue weighted by Gasteiger charge is 2.46. The molecule has 0 aliphatic carbocycles. The highest BCUT2D eigenvalue weighted by Crippen LogP contribution is 2.28. The fourth-order valence-electron chi connectivity index (χ4n) is 2.91. The van der Waals surface area contributed by atoms with Gasteiger partial charge in [-0.1, -0.05) is 50.0 Å². The van der Waals surface area contributed by atoms with Gasteiger partial charge in [0.25, 0.3) is 0 Å². The molecule has 1 aromatic carbocycles. The van der Waals surface area contributed by atoms with E-state index in [1.165, 1.54) is 6.92 Å². The van der Waals surface area contributed by atoms with Crippen LogP contribution in [0.2, 0.25) is 25.7 Å². The van der Waals surface area contributed by atoms with E-state index < -0.39 is 44.7 Å². The van der Waals surface area contributed by atoms with Gasteiger partial charge in [0.1, 0.15) is 12.2 Å². The van der Waals surface area contributed by atoms with Crippen molar-refractivity contribution in [2.24, 2.45) is 0 Å². The molecular weight excluding hydrogens is 364 g/mol. The van der Waals surface area contributed by atoms with Crippen molar-refractivity contribution in [3.05, 3.63) is 35.9 Å². The molecule has 1 aromatic rings. The number of aliphatic hydroxyl groups excluding tert-OH is 1. The Morgan fingerprint density at radius 2 is 1.81 bits per heavy atom. The van der Waals surface area contributed by atoms with E-state index in [9.17, 15) is 9.90 Å². The first-order valence-corrected chi connectivity index (χ1v) is 13.2. The van der Waals surface area contributed by atoms with E-state index in [4.69, 9.17) is 18.9 Å². The molecule has 1 aliphatic rings. The molecular formula is C20H32O6Si. The molecule has 2 rings (SSSR count). The van der Waals surface area contributed by atoms with Gasteiger partial charge in [-0.3, -0.25) is 4.79 Å². The number of carbonyl (C=O) groups excluding carboxylic acids is 1. The van der Waals surface area contributed by atoms with Gasteiger partial charge in [0, 0.05) is 21.6 Å². The van der Waals surface area contributed by atoms with Crippen molar-refractivity contribution in [1.29, 1.82) is 0 Å². The van der Waals surface area contributed by atoms with Crippen molar-refractivity contribution in [1.82, 2.24) is 0 Å². The molecule has 7 heteroatoms. The molecule has 0 bridgehead atoms. The van der Waals surface area contributed by atoms with Crippen LogP contribution in [0.4, 0.5) is 0 Å². The van der Waals surface area contributed by atoms with Crippen molar-refractivity contribution >= 4 is 14.0 Å². The lowest BCUT2D eigenvalue weighted by Gasteiger charge is -2.42. The van der Waals surface area contributed by atoms with Gasteiger partial charge < -0.3 is 24.1 Å². The Morgan fingerprint density at radius 1 is 1.15 bits per heavy atom. The molecule has 0 unspecified atom stereocenters. The summed E-state index contributed by atoms with van der Waals surface area (Å²) in [4.78, 5) is 11.4. The molecule has 1 N–H and O–H groups in total. The molecule has 6 nitrogen and oxygen atoms in total. The van der Waals surface area contributed by atoms with Gasteiger partial charge in [0.05, 0.1) is 12.7 Å². The van der Waals surface area contributed by atoms with Crippen molar-refractivity contribution in [3.63, 3.8) is 0 Å². The Labute approximate surface area is 162 Å². The summed E-state index contributed by atoms with van der Waals surface area (Å²) in [5.41, 5.74) is 0.980. The molecule has 0 amide bonds. The van der Waals surface area contributed by atoms with Crippen LogP contribution in [0.15, 0.2) is 30.3 Å². The van der Waals surface area contributed by atoms with Gasteiger partial charge in [0.2, 0.25) is 0 Å². The quantitative estimate of drug-likeness (QED) is 0.538. The third-order valence-electron chi connectivity index (χ3n) is 4.47. The minimum absolute atomic E-state index is 0.307. The van der Waals surface area contributed by atoms with E-state index in [0.29, 0.717) is 13.2 Å². The second-order valence-corrected chi connectivity index (χ2v) is 13.8. The minimum atomic E-state index is -1.26. The van der Waals surface area contributed by atoms with Crippen molar-refractivity contribution in [2.45, 2.75) is 76.8 Å². The molecule has 1 aliphatic heterocycles. The predicted octanol–water partition coefficient (Wildman–Crippen LogP) is 2.96. The van der Waals surface area contributed by atoms with Gasteiger partial charge >= 0.3 is 5.97 Å². The summed E-state index contributed by atoms with van der Waals surface area (Å²) in [6, 6.07) is 10.7. The Kier molecular flexibility index (Phi) is 8.00. The van der Waals surface area contributed by atoms with Gasteiger partial charge in [-0.2, -0.15) is 0 Å². The standard InChI is InChI=1S/C20H32O6Si/c1-14-18(26-15(2)21)17(22)19(24-13-16-9-7-6-8-10-16)20(25-14)23-11-12-27(3,4)5/h6-10,14,17-20,22H,11-13H2,1-5H3/t14-,17+,18+,19-,20+/m0/s1. The zero-order chi connectivity index (χ0) is 20.0. The van der Waals surface area contributed by atoms with Crippen LogP contribution in [0.1, 0.15) is 19.4 Å². The Bertz CT molecular complexity index is 588. The van der Waals surface area contributed by atoms with Crippen LogP contribution in [0.5, 0.6) is 0 Å². The van der Waals surface area contributed by atoms with E-state index in [2.05, 4.69) is 19.6 Å². The van der Waals surface area contributed by atoms with Crippen LogP contribution < -0.4 is 0 Å². The molecule has 1 fully saturated rings. The topological polar surface area (TPSA) is 74.2 Å². The zero-order valence-electron chi connectivity index (χ0n) is 16.9. The number of hydrogen-bond donors (Lipinski definition) is 1. The van der Waals surface area contributed by atoms with Crippen LogP contribution in [0.25, 0.3) is 0 Å². The van der Waals surface area contributed by atoms with Crippen LogP contribution in [-0.2, 0) is 30.3 Å². The summed E-state index contributed by atoms with van der Waals surface area (Å²) < 4.78 is 23.1. The number of carbonyl (C=O) groups is 1. The molecule has 27 heavy (non-hydrogen) atoms. The van der Waals surface area contributed by atoms with E-state index in [1.807, 2.05) is 30.3 Å². The lowest BCUT2D eigenvalue weighted by molar-refractivity contribution is -0.305. The van der Waals surface area contributed by atoms with Crippen molar-refractivity contribution in [2.75, 3.05) is 6.61 Å². The number of rotatable bonds is 8. The maximum absolute atomic E-state index is 11.4. The van der Waals surface area contributed by atoms with Crippen LogP contribution in [0.3, 0.4) is 0 Å². The SMILES string of the molecule is CC(=O)O[C@H]1[C@@H](O)[C@H](OCc2ccccc2)[C@H](OCC[Si](C)(C)C)O[C@H]1C. The van der Waals surface area contributed by atoms with E-state index in [-0.39, 0.29) is 0 Å². The monoisotopic (exact) mass is 396 g/mol. The molecule has 0 radical (unpaired) electrons. The van der Waals surface area contributed by atoms with E-state index in [0.717, 1.165) is 11.6 Å². The highest BCUT2D eigenvalue weighted by atomic mass is 28.3. The normalized spacial score (nSPS) is 28.7. The average Bonchev–Trinajstić information content (AvgIpc) is 2.58. The smallest absolute Gasteiger partial charge is 0.303 e. The lowest BCUT2D eigenvalue weighted by atomic mass is 9.99. The summed E-state index contributed by atoms with van der Waals surface area (Å²) in [5.74, 6) is -0.464. The number of aliphatic hydroxyl groups is 1. The van der Waals surface area contributed by atoms with Gasteiger partial charge in [0.15, 0.2) is 12.4 Å². The Hall–Kier alpha value is -1.25. The lowest BCUT2D eigenvalue weighted by Crippen LogP contribution is -2.59. The summed E-state index contributed by atoms with van der Waals surface area (Å²) in [5, 5.41) is 10.8. The number of hydrogen-bond acceptors (Lipinski definition) is 6. The molecule has 0 aromatic heterocycles. The Morgan fingerprint density at radius 3 is 2.41 bits per heavy atom. The third-order valence-corrected chi connectivity index (χ3v) is 6.18. The zero-order valence-corrected chi connectivity index (χ0v) is 17.9. The first-order valence-electron chi connectivity index (χ1n) is 9.45. The first kappa shape index (κ1) is 22.0. The second-order valence-electron chi connectivity index (χ2n) is 8.22. The maximum atomic E-state index is 11.4. The third kappa shape index (κ3) is 7.01. The van der Waals surface area contributed by atoms with Crippen molar-refractivity contribution in [3.8, 4) is 0 Å². The number of esters is 1. The maximum Gasteiger partial charge on any atom is 0.303 e. The molecule has 0 spiro atoms. The van der Waals surface area contributed by atoms with Gasteiger partial charge in [-0.15, -0.1) is 0 Å².